The van der Waals surface area contributed by atoms with Crippen molar-refractivity contribution in [3.8, 4) is 0 Å². The summed E-state index contributed by atoms with van der Waals surface area (Å²) in [5.41, 5.74) is 0. The van der Waals surface area contributed by atoms with Gasteiger partial charge in [-0.15, -0.1) is 0 Å². The maximum absolute atomic E-state index is 11.4. The average molecular weight is 245 g/mol. The Kier molecular flexibility index (Phi) is 6.69. The Morgan fingerprint density at radius 3 is 2.41 bits per heavy atom. The van der Waals surface area contributed by atoms with E-state index in [0.717, 1.165) is 11.3 Å². The molecule has 98 valence electrons. The maximum Gasteiger partial charge on any atom is 0.325 e. The number of carboxylic acid groups (broad SMARTS) is 1. The van der Waals surface area contributed by atoms with Gasteiger partial charge in [-0.1, -0.05) is 6.92 Å². The first-order valence-electron chi connectivity index (χ1n) is 5.39. The lowest BCUT2D eigenvalue weighted by atomic mass is 10.3. The second-order valence-electron chi connectivity index (χ2n) is 3.72. The van der Waals surface area contributed by atoms with E-state index in [9.17, 15) is 14.4 Å². The fraction of sp³-hybridized carbons (Fsp3) is 0.700. The normalized spacial score (nSPS) is 11.5. The molecule has 0 aromatic carbocycles. The van der Waals surface area contributed by atoms with Crippen molar-refractivity contribution >= 4 is 17.9 Å². The van der Waals surface area contributed by atoms with Crippen LogP contribution >= 0.6 is 0 Å². The number of carboxylic acids is 1. The number of likely N-dealkylation sites (N-methyl/N-ethyl adjacent to an activating group) is 1. The Balaban J connectivity index is 4.05. The molecule has 0 saturated carbocycles. The molecule has 3 amide bonds. The molecule has 3 N–H and O–H groups in total. The highest BCUT2D eigenvalue weighted by atomic mass is 16.4. The van der Waals surface area contributed by atoms with E-state index in [1.54, 1.807) is 0 Å². The fourth-order valence-electron chi connectivity index (χ4n) is 0.965. The first kappa shape index (κ1) is 15.2. The third-order valence-electron chi connectivity index (χ3n) is 2.01. The van der Waals surface area contributed by atoms with Gasteiger partial charge in [0.25, 0.3) is 0 Å². The first-order valence-corrected chi connectivity index (χ1v) is 5.39. The van der Waals surface area contributed by atoms with Crippen LogP contribution in [0.15, 0.2) is 0 Å². The molecule has 0 aliphatic rings. The minimum atomic E-state index is -1.12. The van der Waals surface area contributed by atoms with Gasteiger partial charge in [-0.05, 0) is 13.3 Å². The molecule has 0 aliphatic heterocycles. The smallest absolute Gasteiger partial charge is 0.325 e. The van der Waals surface area contributed by atoms with E-state index in [1.807, 2.05) is 6.92 Å². The van der Waals surface area contributed by atoms with Crippen LogP contribution in [0.4, 0.5) is 4.79 Å². The van der Waals surface area contributed by atoms with Gasteiger partial charge >= 0.3 is 12.0 Å². The second kappa shape index (κ2) is 7.48. The van der Waals surface area contributed by atoms with Gasteiger partial charge in [-0.2, -0.15) is 0 Å². The van der Waals surface area contributed by atoms with Crippen LogP contribution in [-0.4, -0.2) is 54.1 Å². The molecular formula is C10H19N3O4. The zero-order chi connectivity index (χ0) is 13.4. The van der Waals surface area contributed by atoms with Crippen molar-refractivity contribution in [1.82, 2.24) is 15.5 Å². The van der Waals surface area contributed by atoms with Gasteiger partial charge in [-0.25, -0.2) is 4.79 Å². The summed E-state index contributed by atoms with van der Waals surface area (Å²) in [6.45, 7) is 3.73. The Morgan fingerprint density at radius 1 is 1.35 bits per heavy atom. The second-order valence-corrected chi connectivity index (χ2v) is 3.72. The monoisotopic (exact) mass is 245 g/mol. The maximum atomic E-state index is 11.4. The number of carbonyl (C=O) groups excluding carboxylic acids is 2. The number of rotatable bonds is 6. The van der Waals surface area contributed by atoms with Crippen LogP contribution in [0.2, 0.25) is 0 Å². The Labute approximate surface area is 100 Å². The number of hydrogen-bond donors (Lipinski definition) is 3. The van der Waals surface area contributed by atoms with Crippen molar-refractivity contribution in [2.45, 2.75) is 26.3 Å². The minimum Gasteiger partial charge on any atom is -0.480 e. The van der Waals surface area contributed by atoms with Crippen LogP contribution in [0.3, 0.4) is 0 Å². The zero-order valence-corrected chi connectivity index (χ0v) is 10.3. The van der Waals surface area contributed by atoms with E-state index in [0.29, 0.717) is 6.54 Å². The highest BCUT2D eigenvalue weighted by Gasteiger charge is 2.18. The molecule has 0 spiro atoms. The van der Waals surface area contributed by atoms with Crippen LogP contribution in [0, 0.1) is 0 Å². The van der Waals surface area contributed by atoms with E-state index in [2.05, 4.69) is 10.6 Å². The Bertz CT molecular complexity index is 293. The Morgan fingerprint density at radius 2 is 1.94 bits per heavy atom. The summed E-state index contributed by atoms with van der Waals surface area (Å²) < 4.78 is 0. The summed E-state index contributed by atoms with van der Waals surface area (Å²) in [7, 11) is 1.43. The van der Waals surface area contributed by atoms with E-state index in [1.165, 1.54) is 14.0 Å². The summed E-state index contributed by atoms with van der Waals surface area (Å²) in [6.07, 6.45) is 0.817. The zero-order valence-electron chi connectivity index (χ0n) is 10.3. The molecule has 7 nitrogen and oxygen atoms in total. The van der Waals surface area contributed by atoms with Crippen LogP contribution in [0.5, 0.6) is 0 Å². The number of carbonyl (C=O) groups is 3. The molecule has 0 rings (SSSR count). The lowest BCUT2D eigenvalue weighted by molar-refractivity contribution is -0.138. The fourth-order valence-corrected chi connectivity index (χ4v) is 0.965. The van der Waals surface area contributed by atoms with Crippen molar-refractivity contribution in [2.75, 3.05) is 20.1 Å². The molecule has 0 bridgehead atoms. The average Bonchev–Trinajstić information content (AvgIpc) is 2.25. The predicted molar refractivity (Wildman–Crippen MR) is 61.6 cm³/mol. The van der Waals surface area contributed by atoms with E-state index in [4.69, 9.17) is 5.11 Å². The summed E-state index contributed by atoms with van der Waals surface area (Å²) in [5, 5.41) is 13.5. The highest BCUT2D eigenvalue weighted by Crippen LogP contribution is 1.88. The number of aliphatic carboxylic acids is 1. The van der Waals surface area contributed by atoms with Gasteiger partial charge in [-0.3, -0.25) is 9.59 Å². The molecule has 1 atom stereocenters. The lowest BCUT2D eigenvalue weighted by Gasteiger charge is -2.19. The molecule has 0 aliphatic carbocycles. The van der Waals surface area contributed by atoms with Crippen LogP contribution in [0.25, 0.3) is 0 Å². The predicted octanol–water partition coefficient (Wildman–Crippen LogP) is -0.373. The number of nitrogens with zero attached hydrogens (tertiary/aromatic N) is 1. The van der Waals surface area contributed by atoms with Gasteiger partial charge in [0.05, 0.1) is 0 Å². The van der Waals surface area contributed by atoms with Gasteiger partial charge in [0.2, 0.25) is 5.91 Å². The molecule has 17 heavy (non-hydrogen) atoms. The molecule has 0 fully saturated rings. The number of nitrogens with one attached hydrogen (secondary N) is 2. The summed E-state index contributed by atoms with van der Waals surface area (Å²) >= 11 is 0. The largest absolute Gasteiger partial charge is 0.480 e. The number of urea groups is 1. The van der Waals surface area contributed by atoms with E-state index < -0.39 is 18.0 Å². The van der Waals surface area contributed by atoms with Gasteiger partial charge in [0.15, 0.2) is 0 Å². The first-order chi connectivity index (χ1) is 7.88. The van der Waals surface area contributed by atoms with Gasteiger partial charge in [0, 0.05) is 13.6 Å². The summed E-state index contributed by atoms with van der Waals surface area (Å²) in [6, 6.07) is -1.57. The van der Waals surface area contributed by atoms with Crippen LogP contribution in [-0.2, 0) is 9.59 Å². The summed E-state index contributed by atoms with van der Waals surface area (Å²) in [5.74, 6) is -1.39. The Hall–Kier alpha value is -1.79. The van der Waals surface area contributed by atoms with Crippen molar-refractivity contribution in [1.29, 1.82) is 0 Å². The molecule has 0 saturated heterocycles. The van der Waals surface area contributed by atoms with Gasteiger partial charge < -0.3 is 20.6 Å². The molecule has 0 aromatic heterocycles. The van der Waals surface area contributed by atoms with Crippen LogP contribution in [0.1, 0.15) is 20.3 Å². The molecule has 0 aromatic rings. The van der Waals surface area contributed by atoms with Crippen molar-refractivity contribution < 1.29 is 19.5 Å². The molecule has 0 radical (unpaired) electrons. The lowest BCUT2D eigenvalue weighted by Crippen LogP contribution is -2.48. The standard InChI is InChI=1S/C10H19N3O4/c1-4-5-11-8(14)6-13(3)10(17)12-7(2)9(15)16/h7H,4-6H2,1-3H3,(H,11,14)(H,12,17)(H,15,16)/t7-/m1/s1. The highest BCUT2D eigenvalue weighted by molar-refractivity contribution is 5.86. The number of hydrogen-bond acceptors (Lipinski definition) is 3. The summed E-state index contributed by atoms with van der Waals surface area (Å²) in [4.78, 5) is 34.4. The molecule has 0 unspecified atom stereocenters. The third-order valence-corrected chi connectivity index (χ3v) is 2.01. The minimum absolute atomic E-state index is 0.0990. The molecular weight excluding hydrogens is 226 g/mol. The SMILES string of the molecule is CCCNC(=O)CN(C)C(=O)N[C@H](C)C(=O)O. The van der Waals surface area contributed by atoms with Gasteiger partial charge in [0.1, 0.15) is 12.6 Å². The quantitative estimate of drug-likeness (QED) is 0.594. The van der Waals surface area contributed by atoms with E-state index in [-0.39, 0.29) is 12.5 Å². The van der Waals surface area contributed by atoms with Crippen molar-refractivity contribution in [3.63, 3.8) is 0 Å². The van der Waals surface area contributed by atoms with Crippen molar-refractivity contribution in [2.24, 2.45) is 0 Å². The molecule has 0 heterocycles. The topological polar surface area (TPSA) is 98.7 Å². The van der Waals surface area contributed by atoms with E-state index >= 15 is 0 Å². The van der Waals surface area contributed by atoms with Crippen molar-refractivity contribution in [3.05, 3.63) is 0 Å². The number of amides is 3. The molecule has 7 heteroatoms. The third kappa shape index (κ3) is 6.39. The van der Waals surface area contributed by atoms with Crippen LogP contribution < -0.4 is 10.6 Å².